The van der Waals surface area contributed by atoms with E-state index in [0.717, 1.165) is 6.42 Å². The third kappa shape index (κ3) is 4.93. The SMILES string of the molecule is CCS(=O)(=O)NC(C)(CN)CC(C)C. The van der Waals surface area contributed by atoms with Crippen molar-refractivity contribution >= 4 is 10.0 Å². The Kier molecular flexibility index (Phi) is 5.05. The van der Waals surface area contributed by atoms with E-state index in [9.17, 15) is 8.42 Å². The summed E-state index contributed by atoms with van der Waals surface area (Å²) in [5.74, 6) is 0.517. The van der Waals surface area contributed by atoms with Crippen molar-refractivity contribution in [2.45, 2.75) is 39.7 Å². The molecule has 0 aliphatic heterocycles. The maximum atomic E-state index is 11.4. The van der Waals surface area contributed by atoms with E-state index in [1.165, 1.54) is 0 Å². The maximum absolute atomic E-state index is 11.4. The topological polar surface area (TPSA) is 72.2 Å². The zero-order valence-electron chi connectivity index (χ0n) is 9.50. The van der Waals surface area contributed by atoms with E-state index in [1.807, 2.05) is 20.8 Å². The molecule has 0 heterocycles. The van der Waals surface area contributed by atoms with Crippen LogP contribution in [0.4, 0.5) is 0 Å². The van der Waals surface area contributed by atoms with E-state index in [0.29, 0.717) is 12.5 Å². The Morgan fingerprint density at radius 2 is 1.93 bits per heavy atom. The van der Waals surface area contributed by atoms with Crippen LogP contribution in [0.1, 0.15) is 34.1 Å². The van der Waals surface area contributed by atoms with Gasteiger partial charge in [0.15, 0.2) is 0 Å². The molecule has 0 amide bonds. The third-order valence-corrected chi connectivity index (χ3v) is 3.66. The zero-order chi connectivity index (χ0) is 11.4. The molecular weight excluding hydrogens is 200 g/mol. The Hall–Kier alpha value is -0.130. The van der Waals surface area contributed by atoms with Crippen LogP contribution in [0.2, 0.25) is 0 Å². The molecule has 0 saturated carbocycles. The second-order valence-electron chi connectivity index (χ2n) is 4.37. The highest BCUT2D eigenvalue weighted by Crippen LogP contribution is 2.16. The summed E-state index contributed by atoms with van der Waals surface area (Å²) in [7, 11) is -3.16. The molecule has 0 aromatic heterocycles. The van der Waals surface area contributed by atoms with Gasteiger partial charge >= 0.3 is 0 Å². The Morgan fingerprint density at radius 1 is 1.43 bits per heavy atom. The lowest BCUT2D eigenvalue weighted by Gasteiger charge is -2.30. The van der Waals surface area contributed by atoms with Gasteiger partial charge < -0.3 is 5.73 Å². The summed E-state index contributed by atoms with van der Waals surface area (Å²) in [5, 5.41) is 0. The first-order valence-corrected chi connectivity index (χ1v) is 6.61. The van der Waals surface area contributed by atoms with Crippen LogP contribution in [0.15, 0.2) is 0 Å². The summed E-state index contributed by atoms with van der Waals surface area (Å²) in [6.45, 7) is 7.89. The minimum atomic E-state index is -3.16. The molecule has 0 aliphatic carbocycles. The molecule has 0 saturated heterocycles. The fraction of sp³-hybridized carbons (Fsp3) is 1.00. The van der Waals surface area contributed by atoms with Crippen LogP contribution >= 0.6 is 0 Å². The molecule has 0 aliphatic rings. The summed E-state index contributed by atoms with van der Waals surface area (Å²) in [5.41, 5.74) is 5.08. The number of hydrogen-bond donors (Lipinski definition) is 2. The molecule has 0 bridgehead atoms. The van der Waals surface area contributed by atoms with Crippen LogP contribution in [-0.2, 0) is 10.0 Å². The van der Waals surface area contributed by atoms with Gasteiger partial charge in [0.1, 0.15) is 0 Å². The maximum Gasteiger partial charge on any atom is 0.211 e. The molecule has 86 valence electrons. The first kappa shape index (κ1) is 13.9. The standard InChI is InChI=1S/C9H22N2O2S/c1-5-14(12,13)11-9(4,7-10)6-8(2)3/h8,11H,5-7,10H2,1-4H3. The molecule has 3 N–H and O–H groups in total. The number of hydrogen-bond acceptors (Lipinski definition) is 3. The summed E-state index contributed by atoms with van der Waals surface area (Å²) in [6, 6.07) is 0. The first-order valence-electron chi connectivity index (χ1n) is 4.96. The van der Waals surface area contributed by atoms with Gasteiger partial charge in [0.05, 0.1) is 5.75 Å². The average Bonchev–Trinajstić information content (AvgIpc) is 2.02. The van der Waals surface area contributed by atoms with Gasteiger partial charge in [-0.05, 0) is 26.2 Å². The smallest absolute Gasteiger partial charge is 0.211 e. The Labute approximate surface area is 87.3 Å². The van der Waals surface area contributed by atoms with Crippen LogP contribution in [0, 0.1) is 5.92 Å². The Balaban J connectivity index is 4.56. The summed E-state index contributed by atoms with van der Waals surface area (Å²) < 4.78 is 25.4. The van der Waals surface area contributed by atoms with E-state index in [4.69, 9.17) is 5.73 Å². The Bertz CT molecular complexity index is 262. The number of nitrogens with one attached hydrogen (secondary N) is 1. The largest absolute Gasteiger partial charge is 0.329 e. The fourth-order valence-corrected chi connectivity index (χ4v) is 2.58. The molecule has 4 nitrogen and oxygen atoms in total. The monoisotopic (exact) mass is 222 g/mol. The molecule has 1 unspecified atom stereocenters. The lowest BCUT2D eigenvalue weighted by atomic mass is 9.92. The van der Waals surface area contributed by atoms with Crippen molar-refractivity contribution in [3.63, 3.8) is 0 Å². The minimum absolute atomic E-state index is 0.0979. The van der Waals surface area contributed by atoms with Gasteiger partial charge in [-0.15, -0.1) is 0 Å². The van der Waals surface area contributed by atoms with Crippen molar-refractivity contribution < 1.29 is 8.42 Å². The predicted octanol–water partition coefficient (Wildman–Crippen LogP) is 0.689. The highest BCUT2D eigenvalue weighted by atomic mass is 32.2. The van der Waals surface area contributed by atoms with E-state index in [1.54, 1.807) is 6.92 Å². The van der Waals surface area contributed by atoms with Crippen LogP contribution in [0.25, 0.3) is 0 Å². The van der Waals surface area contributed by atoms with Gasteiger partial charge in [-0.1, -0.05) is 13.8 Å². The van der Waals surface area contributed by atoms with Gasteiger partial charge in [0.25, 0.3) is 0 Å². The highest BCUT2D eigenvalue weighted by Gasteiger charge is 2.28. The van der Waals surface area contributed by atoms with Gasteiger partial charge in [0.2, 0.25) is 10.0 Å². The first-order chi connectivity index (χ1) is 6.24. The van der Waals surface area contributed by atoms with Crippen molar-refractivity contribution in [3.05, 3.63) is 0 Å². The van der Waals surface area contributed by atoms with Crippen LogP contribution in [0.5, 0.6) is 0 Å². The zero-order valence-corrected chi connectivity index (χ0v) is 10.3. The van der Waals surface area contributed by atoms with Crippen LogP contribution in [-0.4, -0.2) is 26.3 Å². The summed E-state index contributed by atoms with van der Waals surface area (Å²) in [6.07, 6.45) is 0.753. The highest BCUT2D eigenvalue weighted by molar-refractivity contribution is 7.89. The molecule has 5 heteroatoms. The third-order valence-electron chi connectivity index (χ3n) is 2.09. The summed E-state index contributed by atoms with van der Waals surface area (Å²) in [4.78, 5) is 0. The lowest BCUT2D eigenvalue weighted by Crippen LogP contribution is -2.52. The molecule has 14 heavy (non-hydrogen) atoms. The van der Waals surface area contributed by atoms with Crippen molar-refractivity contribution in [3.8, 4) is 0 Å². The number of rotatable bonds is 6. The van der Waals surface area contributed by atoms with E-state index < -0.39 is 15.6 Å². The van der Waals surface area contributed by atoms with E-state index in [-0.39, 0.29) is 5.75 Å². The molecule has 0 radical (unpaired) electrons. The van der Waals surface area contributed by atoms with Gasteiger partial charge in [-0.25, -0.2) is 13.1 Å². The fourth-order valence-electron chi connectivity index (χ4n) is 1.52. The predicted molar refractivity (Wildman–Crippen MR) is 59.5 cm³/mol. The number of nitrogens with two attached hydrogens (primary N) is 1. The minimum Gasteiger partial charge on any atom is -0.329 e. The van der Waals surface area contributed by atoms with Crippen molar-refractivity contribution in [2.24, 2.45) is 11.7 Å². The molecule has 0 rings (SSSR count). The molecule has 0 aromatic rings. The van der Waals surface area contributed by atoms with Gasteiger partial charge in [0, 0.05) is 12.1 Å². The lowest BCUT2D eigenvalue weighted by molar-refractivity contribution is 0.344. The molecular formula is C9H22N2O2S. The molecule has 0 spiro atoms. The van der Waals surface area contributed by atoms with Gasteiger partial charge in [-0.2, -0.15) is 0 Å². The second-order valence-corrected chi connectivity index (χ2v) is 6.38. The Morgan fingerprint density at radius 3 is 2.21 bits per heavy atom. The van der Waals surface area contributed by atoms with Gasteiger partial charge in [-0.3, -0.25) is 0 Å². The summed E-state index contributed by atoms with van der Waals surface area (Å²) >= 11 is 0. The van der Waals surface area contributed by atoms with Crippen molar-refractivity contribution in [1.82, 2.24) is 4.72 Å². The molecule has 0 aromatic carbocycles. The molecule has 1 atom stereocenters. The average molecular weight is 222 g/mol. The van der Waals surface area contributed by atoms with Crippen molar-refractivity contribution in [2.75, 3.05) is 12.3 Å². The van der Waals surface area contributed by atoms with Crippen molar-refractivity contribution in [1.29, 1.82) is 0 Å². The van der Waals surface area contributed by atoms with E-state index in [2.05, 4.69) is 4.72 Å². The number of sulfonamides is 1. The molecule has 0 fully saturated rings. The van der Waals surface area contributed by atoms with Crippen LogP contribution in [0.3, 0.4) is 0 Å². The van der Waals surface area contributed by atoms with E-state index >= 15 is 0 Å². The normalized spacial score (nSPS) is 17.0. The quantitative estimate of drug-likeness (QED) is 0.694. The second kappa shape index (κ2) is 5.09. The van der Waals surface area contributed by atoms with Crippen LogP contribution < -0.4 is 10.5 Å².